The predicted octanol–water partition coefficient (Wildman–Crippen LogP) is 3.93. The fourth-order valence-corrected chi connectivity index (χ4v) is 1.92. The van der Waals surface area contributed by atoms with Gasteiger partial charge in [-0.15, -0.1) is 0 Å². The molecule has 0 bridgehead atoms. The van der Waals surface area contributed by atoms with Gasteiger partial charge < -0.3 is 10.4 Å². The van der Waals surface area contributed by atoms with E-state index >= 15 is 0 Å². The molecular weight excluding hydrogens is 337 g/mol. The molecular formula is C15H8F5NO3. The van der Waals surface area contributed by atoms with Crippen molar-refractivity contribution in [1.82, 2.24) is 0 Å². The van der Waals surface area contributed by atoms with Gasteiger partial charge in [0.05, 0.1) is 16.7 Å². The zero-order valence-electron chi connectivity index (χ0n) is 11.6. The Labute approximate surface area is 131 Å². The van der Waals surface area contributed by atoms with Gasteiger partial charge in [0.2, 0.25) is 0 Å². The lowest BCUT2D eigenvalue weighted by molar-refractivity contribution is -0.137. The van der Waals surface area contributed by atoms with E-state index < -0.39 is 46.4 Å². The van der Waals surface area contributed by atoms with Crippen molar-refractivity contribution >= 4 is 17.6 Å². The van der Waals surface area contributed by atoms with Crippen molar-refractivity contribution in [3.05, 3.63) is 64.7 Å². The molecule has 0 spiro atoms. The van der Waals surface area contributed by atoms with Crippen LogP contribution in [0.15, 0.2) is 36.4 Å². The summed E-state index contributed by atoms with van der Waals surface area (Å²) in [6, 6.07) is 3.84. The number of rotatable bonds is 3. The van der Waals surface area contributed by atoms with Crippen LogP contribution in [0.25, 0.3) is 0 Å². The minimum absolute atomic E-state index is 0.278. The average molecular weight is 345 g/mol. The highest BCUT2D eigenvalue weighted by molar-refractivity contribution is 6.05. The van der Waals surface area contributed by atoms with E-state index in [2.05, 4.69) is 0 Å². The van der Waals surface area contributed by atoms with Crippen LogP contribution in [-0.2, 0) is 6.18 Å². The molecule has 126 valence electrons. The lowest BCUT2D eigenvalue weighted by Gasteiger charge is -2.13. The highest BCUT2D eigenvalue weighted by Gasteiger charge is 2.35. The maximum atomic E-state index is 13.5. The molecule has 2 aromatic carbocycles. The van der Waals surface area contributed by atoms with Gasteiger partial charge in [-0.2, -0.15) is 13.2 Å². The zero-order valence-corrected chi connectivity index (χ0v) is 11.6. The second-order valence-electron chi connectivity index (χ2n) is 4.64. The number of halogens is 5. The first kappa shape index (κ1) is 17.4. The van der Waals surface area contributed by atoms with E-state index in [1.807, 2.05) is 5.32 Å². The number of anilines is 1. The van der Waals surface area contributed by atoms with Crippen molar-refractivity contribution in [2.45, 2.75) is 6.18 Å². The van der Waals surface area contributed by atoms with E-state index in [9.17, 15) is 31.5 Å². The number of amides is 1. The molecule has 0 unspecified atom stereocenters. The first-order valence-corrected chi connectivity index (χ1v) is 6.30. The number of carboxylic acid groups (broad SMARTS) is 1. The molecule has 0 aliphatic carbocycles. The maximum Gasteiger partial charge on any atom is 0.417 e. The largest absolute Gasteiger partial charge is 0.478 e. The van der Waals surface area contributed by atoms with E-state index in [1.54, 1.807) is 0 Å². The number of aromatic carboxylic acids is 1. The Balaban J connectivity index is 2.36. The van der Waals surface area contributed by atoms with E-state index in [-0.39, 0.29) is 5.69 Å². The molecule has 0 aliphatic heterocycles. The number of hydrogen-bond acceptors (Lipinski definition) is 2. The van der Waals surface area contributed by atoms with Gasteiger partial charge in [0.25, 0.3) is 5.91 Å². The Morgan fingerprint density at radius 2 is 1.62 bits per heavy atom. The predicted molar refractivity (Wildman–Crippen MR) is 72.7 cm³/mol. The van der Waals surface area contributed by atoms with E-state index in [0.29, 0.717) is 24.3 Å². The number of hydrogen-bond donors (Lipinski definition) is 2. The number of benzene rings is 2. The molecule has 0 atom stereocenters. The monoisotopic (exact) mass is 345 g/mol. The van der Waals surface area contributed by atoms with Crippen LogP contribution < -0.4 is 5.32 Å². The summed E-state index contributed by atoms with van der Waals surface area (Å²) in [6.45, 7) is 0. The Kier molecular flexibility index (Phi) is 4.54. The van der Waals surface area contributed by atoms with Crippen LogP contribution in [0.5, 0.6) is 0 Å². The Hall–Kier alpha value is -2.97. The molecule has 0 aromatic heterocycles. The maximum absolute atomic E-state index is 13.5. The molecule has 0 saturated carbocycles. The highest BCUT2D eigenvalue weighted by atomic mass is 19.4. The molecule has 0 aliphatic rings. The van der Waals surface area contributed by atoms with Crippen molar-refractivity contribution in [2.75, 3.05) is 5.32 Å². The van der Waals surface area contributed by atoms with Crippen LogP contribution in [0.1, 0.15) is 26.3 Å². The molecule has 1 amide bonds. The summed E-state index contributed by atoms with van der Waals surface area (Å²) in [7, 11) is 0. The van der Waals surface area contributed by atoms with Crippen molar-refractivity contribution < 1.29 is 36.6 Å². The Morgan fingerprint density at radius 1 is 0.958 bits per heavy atom. The molecule has 2 N–H and O–H groups in total. The number of alkyl halides is 3. The molecule has 24 heavy (non-hydrogen) atoms. The van der Waals surface area contributed by atoms with Crippen molar-refractivity contribution in [2.24, 2.45) is 0 Å². The lowest BCUT2D eigenvalue weighted by atomic mass is 10.1. The third kappa shape index (κ3) is 3.67. The lowest BCUT2D eigenvalue weighted by Crippen LogP contribution is -2.19. The molecule has 9 heteroatoms. The SMILES string of the molecule is O=C(O)c1ccc(NC(=O)c2cc(F)ccc2C(F)(F)F)cc1F. The third-order valence-corrected chi connectivity index (χ3v) is 2.99. The average Bonchev–Trinajstić information content (AvgIpc) is 2.45. The zero-order chi connectivity index (χ0) is 18.1. The first-order chi connectivity index (χ1) is 11.1. The van der Waals surface area contributed by atoms with Gasteiger partial charge in [0.15, 0.2) is 0 Å². The van der Waals surface area contributed by atoms with Crippen molar-refractivity contribution in [3.63, 3.8) is 0 Å². The van der Waals surface area contributed by atoms with Crippen LogP contribution >= 0.6 is 0 Å². The van der Waals surface area contributed by atoms with Crippen LogP contribution in [-0.4, -0.2) is 17.0 Å². The van der Waals surface area contributed by atoms with Gasteiger partial charge in [-0.1, -0.05) is 0 Å². The molecule has 0 radical (unpaired) electrons. The second-order valence-corrected chi connectivity index (χ2v) is 4.64. The molecule has 2 aromatic rings. The molecule has 0 saturated heterocycles. The summed E-state index contributed by atoms with van der Waals surface area (Å²) in [4.78, 5) is 22.6. The van der Waals surface area contributed by atoms with Crippen molar-refractivity contribution in [3.8, 4) is 0 Å². The minimum atomic E-state index is -4.89. The summed E-state index contributed by atoms with van der Waals surface area (Å²) in [5.74, 6) is -5.10. The number of carboxylic acids is 1. The van der Waals surface area contributed by atoms with E-state index in [4.69, 9.17) is 5.11 Å². The quantitative estimate of drug-likeness (QED) is 0.829. The smallest absolute Gasteiger partial charge is 0.417 e. The van der Waals surface area contributed by atoms with Gasteiger partial charge in [-0.05, 0) is 36.4 Å². The summed E-state index contributed by atoms with van der Waals surface area (Å²) in [5.41, 5.74) is -3.29. The molecule has 0 heterocycles. The van der Waals surface area contributed by atoms with E-state index in [0.717, 1.165) is 12.1 Å². The van der Waals surface area contributed by atoms with Gasteiger partial charge >= 0.3 is 12.1 Å². The summed E-state index contributed by atoms with van der Waals surface area (Å²) in [6.07, 6.45) is -4.89. The van der Waals surface area contributed by atoms with Gasteiger partial charge in [0, 0.05) is 5.69 Å². The topological polar surface area (TPSA) is 66.4 Å². The fraction of sp³-hybridized carbons (Fsp3) is 0.0667. The van der Waals surface area contributed by atoms with Gasteiger partial charge in [-0.25, -0.2) is 13.6 Å². The Bertz CT molecular complexity index is 817. The minimum Gasteiger partial charge on any atom is -0.478 e. The second kappa shape index (κ2) is 6.26. The van der Waals surface area contributed by atoms with Crippen LogP contribution in [0, 0.1) is 11.6 Å². The van der Waals surface area contributed by atoms with Gasteiger partial charge in [-0.3, -0.25) is 4.79 Å². The van der Waals surface area contributed by atoms with Crippen LogP contribution in [0.4, 0.5) is 27.6 Å². The summed E-state index contributed by atoms with van der Waals surface area (Å²) < 4.78 is 65.3. The fourth-order valence-electron chi connectivity index (χ4n) is 1.92. The molecule has 0 fully saturated rings. The summed E-state index contributed by atoms with van der Waals surface area (Å²) >= 11 is 0. The van der Waals surface area contributed by atoms with E-state index in [1.165, 1.54) is 0 Å². The third-order valence-electron chi connectivity index (χ3n) is 2.99. The Morgan fingerprint density at radius 3 is 2.17 bits per heavy atom. The standard InChI is InChI=1S/C15H8F5NO3/c16-7-1-4-11(15(18,19)20)10(5-7)13(22)21-8-2-3-9(14(23)24)12(17)6-8/h1-6H,(H,21,22)(H,23,24). The number of carbonyl (C=O) groups excluding carboxylic acids is 1. The normalized spacial score (nSPS) is 11.2. The molecule has 4 nitrogen and oxygen atoms in total. The summed E-state index contributed by atoms with van der Waals surface area (Å²) in [5, 5.41) is 10.6. The highest BCUT2D eigenvalue weighted by Crippen LogP contribution is 2.32. The number of carbonyl (C=O) groups is 2. The first-order valence-electron chi connectivity index (χ1n) is 6.30. The van der Waals surface area contributed by atoms with Crippen LogP contribution in [0.3, 0.4) is 0 Å². The van der Waals surface area contributed by atoms with Gasteiger partial charge in [0.1, 0.15) is 11.6 Å². The van der Waals surface area contributed by atoms with Crippen LogP contribution in [0.2, 0.25) is 0 Å². The number of nitrogens with one attached hydrogen (secondary N) is 1. The molecule has 2 rings (SSSR count). The van der Waals surface area contributed by atoms with Crippen molar-refractivity contribution in [1.29, 1.82) is 0 Å².